The van der Waals surface area contributed by atoms with Gasteiger partial charge in [-0.1, -0.05) is 65.9 Å². The first kappa shape index (κ1) is 18.7. The van der Waals surface area contributed by atoms with Crippen LogP contribution in [0, 0.1) is 0 Å². The molecule has 4 nitrogen and oxygen atoms in total. The molecule has 0 aliphatic rings. The van der Waals surface area contributed by atoms with Crippen LogP contribution in [-0.4, -0.2) is 9.55 Å². The van der Waals surface area contributed by atoms with Crippen molar-refractivity contribution in [1.29, 1.82) is 0 Å². The number of hydrogen-bond acceptors (Lipinski definition) is 4. The Kier molecular flexibility index (Phi) is 3.39. The van der Waals surface area contributed by atoms with Crippen molar-refractivity contribution in [2.24, 2.45) is 0 Å². The van der Waals surface area contributed by atoms with Crippen LogP contribution in [0.4, 0.5) is 0 Å². The van der Waals surface area contributed by atoms with Gasteiger partial charge in [0.2, 0.25) is 0 Å². The molecule has 4 heterocycles. The first-order valence-electron chi connectivity index (χ1n) is 11.9. The minimum atomic E-state index is 0.886. The lowest BCUT2D eigenvalue weighted by Gasteiger charge is -2.04. The molecule has 0 saturated heterocycles. The van der Waals surface area contributed by atoms with Gasteiger partial charge in [0.05, 0.1) is 26.6 Å². The predicted molar refractivity (Wildman–Crippen MR) is 149 cm³/mol. The van der Waals surface area contributed by atoms with Gasteiger partial charge >= 0.3 is 0 Å². The molecule has 168 valence electrons. The normalized spacial score (nSPS) is 12.4. The van der Waals surface area contributed by atoms with Crippen molar-refractivity contribution < 1.29 is 8.83 Å². The third-order valence-electron chi connectivity index (χ3n) is 7.25. The Morgan fingerprint density at radius 1 is 0.556 bits per heavy atom. The van der Waals surface area contributed by atoms with Gasteiger partial charge in [0.1, 0.15) is 22.3 Å². The molecular weight excluding hydrogens is 464 g/mol. The van der Waals surface area contributed by atoms with E-state index in [-0.39, 0.29) is 0 Å². The van der Waals surface area contributed by atoms with Crippen molar-refractivity contribution in [3.63, 3.8) is 0 Å². The molecular formula is C31H16N2O2S. The molecule has 0 saturated carbocycles. The fraction of sp³-hybridized carbons (Fsp3) is 0. The van der Waals surface area contributed by atoms with Crippen LogP contribution in [0.5, 0.6) is 0 Å². The van der Waals surface area contributed by atoms with Crippen molar-refractivity contribution in [2.45, 2.75) is 0 Å². The summed E-state index contributed by atoms with van der Waals surface area (Å²) in [6, 6.07) is 33.4. The lowest BCUT2D eigenvalue weighted by atomic mass is 10.1. The van der Waals surface area contributed by atoms with Gasteiger partial charge in [0.25, 0.3) is 0 Å². The van der Waals surface area contributed by atoms with Crippen molar-refractivity contribution in [2.75, 3.05) is 0 Å². The average molecular weight is 481 g/mol. The quantitative estimate of drug-likeness (QED) is 0.235. The fourth-order valence-corrected chi connectivity index (χ4v) is 6.88. The Bertz CT molecular complexity index is 2330. The minimum absolute atomic E-state index is 0.886. The van der Waals surface area contributed by atoms with Crippen molar-refractivity contribution in [3.05, 3.63) is 97.1 Å². The Hall–Kier alpha value is -4.61. The van der Waals surface area contributed by atoms with E-state index >= 15 is 0 Å². The van der Waals surface area contributed by atoms with E-state index in [4.69, 9.17) is 13.8 Å². The molecule has 36 heavy (non-hydrogen) atoms. The maximum Gasteiger partial charge on any atom is 0.195 e. The molecule has 0 fully saturated rings. The number of hydrogen-bond donors (Lipinski definition) is 0. The predicted octanol–water partition coefficient (Wildman–Crippen LogP) is 9.19. The Labute approximate surface area is 207 Å². The number of benzene rings is 5. The summed E-state index contributed by atoms with van der Waals surface area (Å²) >= 11 is 1.71. The van der Waals surface area contributed by atoms with Gasteiger partial charge in [-0.2, -0.15) is 0 Å². The van der Waals surface area contributed by atoms with Crippen LogP contribution in [-0.2, 0) is 0 Å². The summed E-state index contributed by atoms with van der Waals surface area (Å²) in [5, 5.41) is 7.83. The van der Waals surface area contributed by atoms with Gasteiger partial charge in [-0.05, 0) is 42.5 Å². The monoisotopic (exact) mass is 480 g/mol. The largest absolute Gasteiger partial charge is 0.456 e. The molecule has 0 aliphatic heterocycles. The zero-order valence-electron chi connectivity index (χ0n) is 18.9. The smallest absolute Gasteiger partial charge is 0.195 e. The lowest BCUT2D eigenvalue weighted by Crippen LogP contribution is -1.92. The molecule has 9 aromatic rings. The second-order valence-corrected chi connectivity index (χ2v) is 10.1. The fourth-order valence-electron chi connectivity index (χ4n) is 5.74. The molecule has 0 spiro atoms. The van der Waals surface area contributed by atoms with E-state index in [1.807, 2.05) is 30.3 Å². The molecule has 0 radical (unpaired) electrons. The third-order valence-corrected chi connectivity index (χ3v) is 8.32. The summed E-state index contributed by atoms with van der Waals surface area (Å²) < 4.78 is 15.9. The summed E-state index contributed by atoms with van der Waals surface area (Å²) in [4.78, 5) is 5.17. The Balaban J connectivity index is 1.49. The van der Waals surface area contributed by atoms with Crippen molar-refractivity contribution >= 4 is 87.2 Å². The number of para-hydroxylation sites is 3. The van der Waals surface area contributed by atoms with Gasteiger partial charge in [0, 0.05) is 26.9 Å². The summed E-state index contributed by atoms with van der Waals surface area (Å²) in [6.45, 7) is 0. The van der Waals surface area contributed by atoms with Crippen LogP contribution in [0.25, 0.3) is 81.0 Å². The molecule has 4 aromatic heterocycles. The molecule has 0 atom stereocenters. The van der Waals surface area contributed by atoms with Crippen LogP contribution in [0.1, 0.15) is 0 Å². The second-order valence-electron chi connectivity index (χ2n) is 9.17. The highest BCUT2D eigenvalue weighted by Crippen LogP contribution is 2.43. The van der Waals surface area contributed by atoms with E-state index < -0.39 is 0 Å². The van der Waals surface area contributed by atoms with Crippen LogP contribution < -0.4 is 0 Å². The highest BCUT2D eigenvalue weighted by atomic mass is 32.1. The number of fused-ring (bicyclic) bond motifs is 12. The summed E-state index contributed by atoms with van der Waals surface area (Å²) in [7, 11) is 0. The highest BCUT2D eigenvalue weighted by Gasteiger charge is 2.21. The molecule has 9 rings (SSSR count). The number of furan rings is 2. The second kappa shape index (κ2) is 6.53. The lowest BCUT2D eigenvalue weighted by molar-refractivity contribution is 0.669. The summed E-state index contributed by atoms with van der Waals surface area (Å²) in [6.07, 6.45) is 0. The Morgan fingerprint density at radius 3 is 2.00 bits per heavy atom. The third kappa shape index (κ3) is 2.26. The van der Waals surface area contributed by atoms with Crippen LogP contribution in [0.15, 0.2) is 106 Å². The first-order valence-corrected chi connectivity index (χ1v) is 12.7. The molecule has 0 unspecified atom stereocenters. The average Bonchev–Trinajstić information content (AvgIpc) is 3.66. The Morgan fingerprint density at radius 2 is 1.19 bits per heavy atom. The number of thiazole rings is 1. The van der Waals surface area contributed by atoms with Gasteiger partial charge in [-0.25, -0.2) is 4.98 Å². The first-order chi connectivity index (χ1) is 17.8. The van der Waals surface area contributed by atoms with E-state index in [0.29, 0.717) is 0 Å². The van der Waals surface area contributed by atoms with E-state index in [2.05, 4.69) is 71.3 Å². The topological polar surface area (TPSA) is 44.1 Å². The molecule has 5 heteroatoms. The van der Waals surface area contributed by atoms with Gasteiger partial charge in [-0.3, -0.25) is 4.57 Å². The zero-order chi connectivity index (χ0) is 23.4. The van der Waals surface area contributed by atoms with E-state index in [1.54, 1.807) is 11.3 Å². The maximum absolute atomic E-state index is 6.26. The van der Waals surface area contributed by atoms with Crippen LogP contribution >= 0.6 is 11.3 Å². The number of nitrogens with zero attached hydrogens (tertiary/aromatic N) is 2. The van der Waals surface area contributed by atoms with Gasteiger partial charge < -0.3 is 8.83 Å². The SMILES string of the molecule is c1ccc2c(c1)oc1ccc3nc(-n4c5ccccc5c5ccc6oc7ccccc7c6c54)sc3c12. The number of rotatable bonds is 1. The minimum Gasteiger partial charge on any atom is -0.456 e. The molecule has 5 aromatic carbocycles. The zero-order valence-corrected chi connectivity index (χ0v) is 19.7. The van der Waals surface area contributed by atoms with E-state index in [9.17, 15) is 0 Å². The number of aromatic nitrogens is 2. The van der Waals surface area contributed by atoms with Crippen LogP contribution in [0.2, 0.25) is 0 Å². The van der Waals surface area contributed by atoms with Crippen molar-refractivity contribution in [1.82, 2.24) is 9.55 Å². The standard InChI is InChI=1S/C31H16N2O2S/c1-4-10-22-17(7-1)18-13-15-25-27(19-8-2-5-11-23(19)34-25)29(18)33(22)31-32-21-14-16-26-28(30(21)36-31)20-9-3-6-12-24(20)35-26/h1-16H. The van der Waals surface area contributed by atoms with Gasteiger partial charge in [0.15, 0.2) is 5.13 Å². The van der Waals surface area contributed by atoms with Crippen molar-refractivity contribution in [3.8, 4) is 5.13 Å². The highest BCUT2D eigenvalue weighted by molar-refractivity contribution is 7.22. The summed E-state index contributed by atoms with van der Waals surface area (Å²) in [5.41, 5.74) is 6.82. The molecule has 0 aliphatic carbocycles. The van der Waals surface area contributed by atoms with E-state index in [1.165, 1.54) is 10.8 Å². The molecule has 0 bridgehead atoms. The van der Waals surface area contributed by atoms with Gasteiger partial charge in [-0.15, -0.1) is 0 Å². The van der Waals surface area contributed by atoms with Crippen LogP contribution in [0.3, 0.4) is 0 Å². The molecule has 0 N–H and O–H groups in total. The summed E-state index contributed by atoms with van der Waals surface area (Å²) in [5.74, 6) is 0. The maximum atomic E-state index is 6.26. The van der Waals surface area contributed by atoms with E-state index in [0.717, 1.165) is 70.3 Å². The molecule has 0 amide bonds.